The van der Waals surface area contributed by atoms with Crippen molar-refractivity contribution in [2.24, 2.45) is 0 Å². The molecule has 0 unspecified atom stereocenters. The summed E-state index contributed by atoms with van der Waals surface area (Å²) in [6.07, 6.45) is 0. The predicted molar refractivity (Wildman–Crippen MR) is 110 cm³/mol. The first-order valence-corrected chi connectivity index (χ1v) is 10.2. The van der Waals surface area contributed by atoms with Gasteiger partial charge in [0.2, 0.25) is 0 Å². The number of carbonyl (C=O) groups is 1. The third kappa shape index (κ3) is 4.03. The van der Waals surface area contributed by atoms with Gasteiger partial charge in [-0.05, 0) is 67.6 Å². The SMILES string of the molecule is COc1ccc(N(C(=O)c2ccc(Cl)cc2)S(=O)(=O)c2ccc(C)cc2)cc1. The van der Waals surface area contributed by atoms with Crippen molar-refractivity contribution >= 4 is 33.2 Å². The largest absolute Gasteiger partial charge is 0.497 e. The van der Waals surface area contributed by atoms with E-state index < -0.39 is 15.9 Å². The van der Waals surface area contributed by atoms with Gasteiger partial charge in [0.05, 0.1) is 17.7 Å². The zero-order valence-corrected chi connectivity index (χ0v) is 16.9. The van der Waals surface area contributed by atoms with Crippen LogP contribution in [-0.4, -0.2) is 21.4 Å². The summed E-state index contributed by atoms with van der Waals surface area (Å²) in [6.45, 7) is 1.86. The van der Waals surface area contributed by atoms with Crippen LogP contribution in [0.15, 0.2) is 77.7 Å². The lowest BCUT2D eigenvalue weighted by molar-refractivity contribution is 0.101. The first kappa shape index (κ1) is 19.9. The molecule has 0 N–H and O–H groups in total. The van der Waals surface area contributed by atoms with Crippen LogP contribution in [0.3, 0.4) is 0 Å². The molecule has 0 spiro atoms. The van der Waals surface area contributed by atoms with Crippen molar-refractivity contribution in [2.45, 2.75) is 11.8 Å². The molecule has 0 aromatic heterocycles. The van der Waals surface area contributed by atoms with Gasteiger partial charge in [-0.2, -0.15) is 4.31 Å². The van der Waals surface area contributed by atoms with Crippen LogP contribution in [0, 0.1) is 6.92 Å². The van der Waals surface area contributed by atoms with Gasteiger partial charge in [-0.25, -0.2) is 8.42 Å². The van der Waals surface area contributed by atoms with E-state index in [0.29, 0.717) is 10.8 Å². The minimum absolute atomic E-state index is 0.0243. The van der Waals surface area contributed by atoms with E-state index in [1.54, 1.807) is 36.4 Å². The number of hydrogen-bond acceptors (Lipinski definition) is 4. The lowest BCUT2D eigenvalue weighted by Gasteiger charge is -2.23. The summed E-state index contributed by atoms with van der Waals surface area (Å²) in [5.41, 5.74) is 1.33. The van der Waals surface area contributed by atoms with Crippen molar-refractivity contribution in [1.82, 2.24) is 0 Å². The summed E-state index contributed by atoms with van der Waals surface area (Å²) in [5.74, 6) is -0.127. The molecule has 0 atom stereocenters. The minimum atomic E-state index is -4.14. The molecule has 0 saturated carbocycles. The van der Waals surface area contributed by atoms with E-state index >= 15 is 0 Å². The summed E-state index contributed by atoms with van der Waals surface area (Å²) in [7, 11) is -2.63. The number of amides is 1. The van der Waals surface area contributed by atoms with Crippen LogP contribution < -0.4 is 9.04 Å². The second-order valence-electron chi connectivity index (χ2n) is 6.09. The molecule has 1 amide bonds. The molecule has 0 aliphatic rings. The van der Waals surface area contributed by atoms with Gasteiger partial charge < -0.3 is 4.74 Å². The summed E-state index contributed by atoms with van der Waals surface area (Å²) < 4.78 is 32.6. The standard InChI is InChI=1S/C21H18ClNO4S/c1-15-3-13-20(14-4-15)28(25,26)23(18-9-11-19(27-2)12-10-18)21(24)16-5-7-17(22)8-6-16/h3-14H,1-2H3. The van der Waals surface area contributed by atoms with E-state index in [1.807, 2.05) is 6.92 Å². The normalized spacial score (nSPS) is 11.1. The van der Waals surface area contributed by atoms with E-state index in [0.717, 1.165) is 9.87 Å². The number of carbonyl (C=O) groups excluding carboxylic acids is 1. The monoisotopic (exact) mass is 415 g/mol. The van der Waals surface area contributed by atoms with Gasteiger partial charge >= 0.3 is 0 Å². The minimum Gasteiger partial charge on any atom is -0.497 e. The zero-order valence-electron chi connectivity index (χ0n) is 15.3. The molecule has 0 bridgehead atoms. The van der Waals surface area contributed by atoms with E-state index in [1.165, 1.54) is 43.5 Å². The smallest absolute Gasteiger partial charge is 0.272 e. The van der Waals surface area contributed by atoms with Crippen molar-refractivity contribution < 1.29 is 17.9 Å². The molecule has 5 nitrogen and oxygen atoms in total. The molecule has 0 heterocycles. The average molecular weight is 416 g/mol. The molecule has 0 aliphatic carbocycles. The van der Waals surface area contributed by atoms with E-state index in [9.17, 15) is 13.2 Å². The van der Waals surface area contributed by atoms with Crippen molar-refractivity contribution in [1.29, 1.82) is 0 Å². The zero-order chi connectivity index (χ0) is 20.3. The Morgan fingerprint density at radius 2 is 1.46 bits per heavy atom. The molecule has 0 fully saturated rings. The third-order valence-electron chi connectivity index (χ3n) is 4.14. The van der Waals surface area contributed by atoms with Crippen molar-refractivity contribution in [3.63, 3.8) is 0 Å². The number of nitrogens with zero attached hydrogens (tertiary/aromatic N) is 1. The lowest BCUT2D eigenvalue weighted by atomic mass is 10.2. The first-order valence-electron chi connectivity index (χ1n) is 8.39. The molecular weight excluding hydrogens is 398 g/mol. The van der Waals surface area contributed by atoms with Crippen LogP contribution >= 0.6 is 11.6 Å². The molecule has 7 heteroatoms. The predicted octanol–water partition coefficient (Wildman–Crippen LogP) is 4.69. The van der Waals surface area contributed by atoms with Crippen LogP contribution in [0.25, 0.3) is 0 Å². The molecular formula is C21H18ClNO4S. The van der Waals surface area contributed by atoms with Crippen LogP contribution in [0.4, 0.5) is 5.69 Å². The van der Waals surface area contributed by atoms with Gasteiger partial charge in [0.1, 0.15) is 5.75 Å². The van der Waals surface area contributed by atoms with Crippen molar-refractivity contribution in [2.75, 3.05) is 11.4 Å². The second kappa shape index (κ2) is 8.04. The van der Waals surface area contributed by atoms with Gasteiger partial charge in [0, 0.05) is 10.6 Å². The van der Waals surface area contributed by atoms with Gasteiger partial charge in [-0.15, -0.1) is 0 Å². The van der Waals surface area contributed by atoms with Gasteiger partial charge in [-0.3, -0.25) is 4.79 Å². The fourth-order valence-electron chi connectivity index (χ4n) is 2.61. The highest BCUT2D eigenvalue weighted by Gasteiger charge is 2.31. The molecule has 3 aromatic carbocycles. The van der Waals surface area contributed by atoms with E-state index in [-0.39, 0.29) is 16.1 Å². The Morgan fingerprint density at radius 1 is 0.893 bits per heavy atom. The van der Waals surface area contributed by atoms with Crippen LogP contribution in [0.5, 0.6) is 5.75 Å². The van der Waals surface area contributed by atoms with E-state index in [2.05, 4.69) is 0 Å². The third-order valence-corrected chi connectivity index (χ3v) is 6.12. The number of methoxy groups -OCH3 is 1. The molecule has 3 aromatic rings. The number of ether oxygens (including phenoxy) is 1. The highest BCUT2D eigenvalue weighted by molar-refractivity contribution is 7.93. The summed E-state index contributed by atoms with van der Waals surface area (Å²) in [6, 6.07) is 18.7. The number of halogens is 1. The van der Waals surface area contributed by atoms with Gasteiger partial charge in [-0.1, -0.05) is 29.3 Å². The number of benzene rings is 3. The maximum Gasteiger partial charge on any atom is 0.272 e. The quantitative estimate of drug-likeness (QED) is 0.606. The Kier molecular flexibility index (Phi) is 5.72. The summed E-state index contributed by atoms with van der Waals surface area (Å²) in [5, 5.41) is 0.453. The number of sulfonamides is 1. The van der Waals surface area contributed by atoms with Gasteiger partial charge in [0.15, 0.2) is 0 Å². The number of rotatable bonds is 5. The maximum absolute atomic E-state index is 13.3. The second-order valence-corrected chi connectivity index (χ2v) is 8.32. The Labute approximate surface area is 169 Å². The van der Waals surface area contributed by atoms with Crippen LogP contribution in [0.2, 0.25) is 5.02 Å². The summed E-state index contributed by atoms with van der Waals surface area (Å²) >= 11 is 5.89. The fraction of sp³-hybridized carbons (Fsp3) is 0.0952. The van der Waals surface area contributed by atoms with Crippen LogP contribution in [0.1, 0.15) is 15.9 Å². The Hall–Kier alpha value is -2.83. The fourth-order valence-corrected chi connectivity index (χ4v) is 4.15. The molecule has 0 radical (unpaired) electrons. The highest BCUT2D eigenvalue weighted by Crippen LogP contribution is 2.28. The highest BCUT2D eigenvalue weighted by atomic mass is 35.5. The molecule has 28 heavy (non-hydrogen) atoms. The Morgan fingerprint density at radius 3 is 2.00 bits per heavy atom. The topological polar surface area (TPSA) is 63.7 Å². The molecule has 3 rings (SSSR count). The molecule has 0 aliphatic heterocycles. The average Bonchev–Trinajstić information content (AvgIpc) is 2.69. The Balaban J connectivity index is 2.13. The van der Waals surface area contributed by atoms with E-state index in [4.69, 9.17) is 16.3 Å². The molecule has 0 saturated heterocycles. The van der Waals surface area contributed by atoms with Gasteiger partial charge in [0.25, 0.3) is 15.9 Å². The lowest BCUT2D eigenvalue weighted by Crippen LogP contribution is -2.37. The van der Waals surface area contributed by atoms with Crippen molar-refractivity contribution in [3.8, 4) is 5.75 Å². The maximum atomic E-state index is 13.3. The first-order chi connectivity index (χ1) is 13.3. The Bertz CT molecular complexity index is 1080. The van der Waals surface area contributed by atoms with Crippen LogP contribution in [-0.2, 0) is 10.0 Å². The summed E-state index contributed by atoms with van der Waals surface area (Å²) in [4.78, 5) is 13.2. The van der Waals surface area contributed by atoms with Crippen molar-refractivity contribution in [3.05, 3.63) is 88.9 Å². The number of hydrogen-bond donors (Lipinski definition) is 0. The number of aryl methyl sites for hydroxylation is 1. The molecule has 144 valence electrons. The number of anilines is 1.